The minimum atomic E-state index is -4.10. The fraction of sp³-hybridized carbons (Fsp3) is 0.0769. The average Bonchev–Trinajstić information content (AvgIpc) is 2.84. The van der Waals surface area contributed by atoms with E-state index in [9.17, 15) is 9.32 Å². The van der Waals surface area contributed by atoms with Gasteiger partial charge in [0.05, 0.1) is 0 Å². The summed E-state index contributed by atoms with van der Waals surface area (Å²) in [6, 6.07) is 37.3. The third-order valence-electron chi connectivity index (χ3n) is 5.78. The number of halogens is 1. The van der Waals surface area contributed by atoms with Crippen molar-refractivity contribution in [1.82, 2.24) is 0 Å². The van der Waals surface area contributed by atoms with Crippen LogP contribution in [0.5, 0.6) is 0 Å². The molecule has 0 bridgehead atoms. The van der Waals surface area contributed by atoms with E-state index in [4.69, 9.17) is 4.08 Å². The molecular weight excluding hydrogens is 427 g/mol. The van der Waals surface area contributed by atoms with Gasteiger partial charge in [-0.25, -0.2) is 0 Å². The molecule has 5 heteroatoms. The second-order valence-electron chi connectivity index (χ2n) is 7.32. The Hall–Kier alpha value is -2.52. The Labute approximate surface area is 186 Å². The van der Waals surface area contributed by atoms with Gasteiger partial charge in [0.15, 0.2) is 0 Å². The van der Waals surface area contributed by atoms with Crippen molar-refractivity contribution in [2.45, 2.75) is 13.3 Å². The van der Waals surface area contributed by atoms with Crippen molar-refractivity contribution >= 4 is 28.0 Å². The number of hydrogen-bond acceptors (Lipinski definition) is 3. The van der Waals surface area contributed by atoms with Gasteiger partial charge >= 0.3 is 186 Å². The zero-order valence-corrected chi connectivity index (χ0v) is 18.9. The van der Waals surface area contributed by atoms with Crippen molar-refractivity contribution in [3.63, 3.8) is 0 Å². The summed E-state index contributed by atoms with van der Waals surface area (Å²) in [5.41, 5.74) is 1.18. The Kier molecular flexibility index (Phi) is 6.24. The summed E-state index contributed by atoms with van der Waals surface area (Å²) in [6.45, 7) is -2.01. The second kappa shape index (κ2) is 8.92. The third-order valence-corrected chi connectivity index (χ3v) is 12.5. The molecule has 4 aromatic carbocycles. The van der Waals surface area contributed by atoms with Crippen LogP contribution < -0.4 is 30.5 Å². The fourth-order valence-electron chi connectivity index (χ4n) is 4.32. The SMILES string of the molecule is CCc1ccc(P(O[Cl+2]([O-])[O-])(c2ccccc2)(c2ccccc2)c2ccccc2)cc1. The zero-order chi connectivity index (χ0) is 21.8. The first-order chi connectivity index (χ1) is 15.1. The molecule has 0 amide bonds. The normalized spacial score (nSPS) is 13.0. The van der Waals surface area contributed by atoms with Gasteiger partial charge < -0.3 is 0 Å². The molecule has 3 nitrogen and oxygen atoms in total. The second-order valence-corrected chi connectivity index (χ2v) is 12.4. The maximum atomic E-state index is 12.4. The molecule has 0 spiro atoms. The number of benzene rings is 4. The standard InChI is InChI=1S/C26H24ClO3P/c1-2-22-18-20-26(21-19-22)31(30-27(28)29,23-12-6-3-7-13-23,24-14-8-4-9-15-24)25-16-10-5-11-17-25/h3-21H,2H2,1H3. The van der Waals surface area contributed by atoms with Crippen molar-refractivity contribution in [2.75, 3.05) is 0 Å². The molecule has 0 N–H and O–H groups in total. The van der Waals surface area contributed by atoms with Gasteiger partial charge in [0.2, 0.25) is 0 Å². The van der Waals surface area contributed by atoms with Crippen LogP contribution in [0.2, 0.25) is 0 Å². The molecule has 0 fully saturated rings. The molecule has 31 heavy (non-hydrogen) atoms. The van der Waals surface area contributed by atoms with Crippen LogP contribution in [0, 0.1) is 10.8 Å². The summed E-state index contributed by atoms with van der Waals surface area (Å²) in [4.78, 5) is 0. The van der Waals surface area contributed by atoms with E-state index in [0.717, 1.165) is 27.6 Å². The summed E-state index contributed by atoms with van der Waals surface area (Å²) >= 11 is 0. The molecule has 0 heterocycles. The first-order valence-corrected chi connectivity index (χ1v) is 13.2. The summed E-state index contributed by atoms with van der Waals surface area (Å²) < 4.78 is 31.1. The van der Waals surface area contributed by atoms with Gasteiger partial charge in [0.25, 0.3) is 0 Å². The van der Waals surface area contributed by atoms with Crippen LogP contribution >= 0.6 is 6.83 Å². The van der Waals surface area contributed by atoms with Crippen LogP contribution in [0.3, 0.4) is 0 Å². The first kappa shape index (κ1) is 21.7. The van der Waals surface area contributed by atoms with Crippen LogP contribution in [-0.4, -0.2) is 0 Å². The Morgan fingerprint density at radius 3 is 1.26 bits per heavy atom. The molecule has 0 unspecified atom stereocenters. The zero-order valence-electron chi connectivity index (χ0n) is 17.2. The predicted molar refractivity (Wildman–Crippen MR) is 122 cm³/mol. The van der Waals surface area contributed by atoms with Crippen molar-refractivity contribution in [2.24, 2.45) is 0 Å². The van der Waals surface area contributed by atoms with Gasteiger partial charge in [0, 0.05) is 0 Å². The van der Waals surface area contributed by atoms with E-state index in [1.165, 1.54) is 5.56 Å². The third kappa shape index (κ3) is 3.49. The van der Waals surface area contributed by atoms with Crippen LogP contribution in [0.4, 0.5) is 0 Å². The molecule has 0 aromatic heterocycles. The predicted octanol–water partition coefficient (Wildman–Crippen LogP) is 2.42. The monoisotopic (exact) mass is 450 g/mol. The van der Waals surface area contributed by atoms with Gasteiger partial charge in [-0.2, -0.15) is 0 Å². The molecule has 0 saturated heterocycles. The van der Waals surface area contributed by atoms with Gasteiger partial charge in [-0.05, 0) is 0 Å². The molecule has 0 aliphatic rings. The van der Waals surface area contributed by atoms with Gasteiger partial charge in [-0.3, -0.25) is 0 Å². The van der Waals surface area contributed by atoms with Crippen LogP contribution in [0.25, 0.3) is 0 Å². The molecule has 0 atom stereocenters. The molecule has 0 aliphatic carbocycles. The van der Waals surface area contributed by atoms with Crippen LogP contribution in [0.1, 0.15) is 12.5 Å². The summed E-state index contributed by atoms with van der Waals surface area (Å²) in [7, 11) is -2.37. The van der Waals surface area contributed by atoms with E-state index in [-0.39, 0.29) is 0 Å². The van der Waals surface area contributed by atoms with Gasteiger partial charge in [-0.1, -0.05) is 0 Å². The van der Waals surface area contributed by atoms with Gasteiger partial charge in [0.1, 0.15) is 0 Å². The van der Waals surface area contributed by atoms with Crippen molar-refractivity contribution in [3.05, 3.63) is 121 Å². The van der Waals surface area contributed by atoms with Gasteiger partial charge in [-0.15, -0.1) is 0 Å². The topological polar surface area (TPSA) is 55.3 Å². The molecule has 0 saturated carbocycles. The Morgan fingerprint density at radius 1 is 0.581 bits per heavy atom. The Morgan fingerprint density at radius 2 is 0.935 bits per heavy atom. The van der Waals surface area contributed by atoms with E-state index in [1.807, 2.05) is 103 Å². The minimum absolute atomic E-state index is 0.823. The molecular formula is C26H24ClO3P. The fourth-order valence-corrected chi connectivity index (χ4v) is 11.2. The van der Waals surface area contributed by atoms with Crippen molar-refractivity contribution in [3.8, 4) is 0 Å². The number of aryl methyl sites for hydroxylation is 1. The molecule has 0 radical (unpaired) electrons. The van der Waals surface area contributed by atoms with E-state index < -0.39 is 17.6 Å². The van der Waals surface area contributed by atoms with Crippen molar-refractivity contribution < 1.29 is 24.2 Å². The Balaban J connectivity index is 2.26. The van der Waals surface area contributed by atoms with Crippen LogP contribution in [0.15, 0.2) is 115 Å². The van der Waals surface area contributed by atoms with Crippen molar-refractivity contribution in [1.29, 1.82) is 0 Å². The van der Waals surface area contributed by atoms with E-state index in [2.05, 4.69) is 19.1 Å². The number of rotatable bonds is 7. The Bertz CT molecular complexity index is 1020. The maximum absolute atomic E-state index is 12.4. The number of hydrogen-bond donors (Lipinski definition) is 0. The van der Waals surface area contributed by atoms with Crippen LogP contribution in [-0.2, 0) is 10.5 Å². The average molecular weight is 451 g/mol. The summed E-state index contributed by atoms with van der Waals surface area (Å²) in [5.74, 6) is 0. The first-order valence-electron chi connectivity index (χ1n) is 10.2. The summed E-state index contributed by atoms with van der Waals surface area (Å²) in [5, 5.41) is 3.30. The molecule has 4 rings (SSSR count). The van der Waals surface area contributed by atoms with E-state index in [1.54, 1.807) is 0 Å². The van der Waals surface area contributed by atoms with E-state index in [0.29, 0.717) is 0 Å². The molecule has 158 valence electrons. The molecule has 4 aromatic rings. The molecule has 0 aliphatic heterocycles. The summed E-state index contributed by atoms with van der Waals surface area (Å²) in [6.07, 6.45) is 0.893. The van der Waals surface area contributed by atoms with E-state index >= 15 is 0 Å². The quantitative estimate of drug-likeness (QED) is 0.406.